The van der Waals surface area contributed by atoms with Gasteiger partial charge in [0.2, 0.25) is 0 Å². The van der Waals surface area contributed by atoms with Crippen LogP contribution in [0.4, 0.5) is 0 Å². The lowest BCUT2D eigenvalue weighted by atomic mass is 9.95. The maximum absolute atomic E-state index is 4.18. The van der Waals surface area contributed by atoms with Gasteiger partial charge in [-0.05, 0) is 35.2 Å². The van der Waals surface area contributed by atoms with Crippen LogP contribution in [0.15, 0.2) is 43.0 Å². The summed E-state index contributed by atoms with van der Waals surface area (Å²) in [6.45, 7) is 4.39. The van der Waals surface area contributed by atoms with E-state index in [9.17, 15) is 0 Å². The van der Waals surface area contributed by atoms with E-state index in [2.05, 4.69) is 29.9 Å². The Labute approximate surface area is 90.0 Å². The number of aromatic nitrogens is 2. The molecule has 0 saturated heterocycles. The van der Waals surface area contributed by atoms with E-state index in [4.69, 9.17) is 0 Å². The Morgan fingerprint density at radius 3 is 2.27 bits per heavy atom. The third-order valence-corrected chi connectivity index (χ3v) is 2.47. The van der Waals surface area contributed by atoms with Gasteiger partial charge in [0.05, 0.1) is 0 Å². The van der Waals surface area contributed by atoms with Gasteiger partial charge in [-0.3, -0.25) is 9.97 Å². The van der Waals surface area contributed by atoms with E-state index in [1.54, 1.807) is 0 Å². The Hall–Kier alpha value is -1.70. The first-order valence-electron chi connectivity index (χ1n) is 5.13. The quantitative estimate of drug-likeness (QED) is 0.740. The highest BCUT2D eigenvalue weighted by molar-refractivity contribution is 5.66. The summed E-state index contributed by atoms with van der Waals surface area (Å²) in [5.74, 6) is 0.510. The minimum Gasteiger partial charge on any atom is -0.265 e. The third kappa shape index (κ3) is 2.04. The van der Waals surface area contributed by atoms with E-state index in [0.717, 1.165) is 0 Å². The third-order valence-electron chi connectivity index (χ3n) is 2.47. The van der Waals surface area contributed by atoms with Crippen LogP contribution < -0.4 is 0 Å². The minimum absolute atomic E-state index is 0.510. The fraction of sp³-hybridized carbons (Fsp3) is 0.231. The van der Waals surface area contributed by atoms with Gasteiger partial charge in [-0.2, -0.15) is 0 Å². The maximum Gasteiger partial charge on any atom is 0.0349 e. The van der Waals surface area contributed by atoms with Crippen LogP contribution in [0.1, 0.15) is 25.3 Å². The predicted octanol–water partition coefficient (Wildman–Crippen LogP) is 3.27. The lowest BCUT2D eigenvalue weighted by Crippen LogP contribution is -1.93. The number of pyridine rings is 2. The molecule has 0 aliphatic carbocycles. The molecular formula is C13H14N2. The highest BCUT2D eigenvalue weighted by atomic mass is 14.6. The Bertz CT molecular complexity index is 435. The van der Waals surface area contributed by atoms with Crippen LogP contribution in [0.2, 0.25) is 0 Å². The number of nitrogens with zero attached hydrogens (tertiary/aromatic N) is 2. The van der Waals surface area contributed by atoms with Crippen molar-refractivity contribution in [2.45, 2.75) is 19.8 Å². The van der Waals surface area contributed by atoms with Crippen LogP contribution in [-0.4, -0.2) is 9.97 Å². The standard InChI is InChI=1S/C13H14N2/c1-10(2)12-5-8-15-9-13(12)11-3-6-14-7-4-11/h3-10H,1-2H3. The van der Waals surface area contributed by atoms with Gasteiger partial charge in [0.15, 0.2) is 0 Å². The van der Waals surface area contributed by atoms with Crippen molar-refractivity contribution in [1.82, 2.24) is 9.97 Å². The first-order valence-corrected chi connectivity index (χ1v) is 5.13. The maximum atomic E-state index is 4.18. The van der Waals surface area contributed by atoms with Crippen molar-refractivity contribution in [2.75, 3.05) is 0 Å². The van der Waals surface area contributed by atoms with Gasteiger partial charge in [-0.25, -0.2) is 0 Å². The van der Waals surface area contributed by atoms with E-state index in [1.165, 1.54) is 16.7 Å². The summed E-state index contributed by atoms with van der Waals surface area (Å²) in [5, 5.41) is 0. The Kier molecular flexibility index (Phi) is 2.77. The fourth-order valence-corrected chi connectivity index (χ4v) is 1.68. The van der Waals surface area contributed by atoms with Crippen LogP contribution in [0.5, 0.6) is 0 Å². The monoisotopic (exact) mass is 198 g/mol. The molecule has 0 aromatic carbocycles. The SMILES string of the molecule is CC(C)c1ccncc1-c1ccncc1. The molecule has 0 aliphatic heterocycles. The number of rotatable bonds is 2. The van der Waals surface area contributed by atoms with Gasteiger partial charge in [0.25, 0.3) is 0 Å². The molecule has 15 heavy (non-hydrogen) atoms. The molecule has 2 nitrogen and oxygen atoms in total. The summed E-state index contributed by atoms with van der Waals surface area (Å²) in [5.41, 5.74) is 3.72. The van der Waals surface area contributed by atoms with Crippen LogP contribution in [0, 0.1) is 0 Å². The summed E-state index contributed by atoms with van der Waals surface area (Å²) in [6, 6.07) is 6.12. The van der Waals surface area contributed by atoms with E-state index in [1.807, 2.05) is 36.9 Å². The summed E-state index contributed by atoms with van der Waals surface area (Å²) in [4.78, 5) is 8.21. The molecule has 2 heteroatoms. The second-order valence-electron chi connectivity index (χ2n) is 3.85. The molecule has 2 heterocycles. The van der Waals surface area contributed by atoms with Gasteiger partial charge in [-0.1, -0.05) is 13.8 Å². The number of hydrogen-bond acceptors (Lipinski definition) is 2. The normalized spacial score (nSPS) is 10.6. The van der Waals surface area contributed by atoms with Gasteiger partial charge in [0, 0.05) is 30.4 Å². The topological polar surface area (TPSA) is 25.8 Å². The second kappa shape index (κ2) is 4.22. The van der Waals surface area contributed by atoms with Crippen LogP contribution in [0.3, 0.4) is 0 Å². The summed E-state index contributed by atoms with van der Waals surface area (Å²) in [7, 11) is 0. The Morgan fingerprint density at radius 1 is 0.933 bits per heavy atom. The lowest BCUT2D eigenvalue weighted by Gasteiger charge is -2.11. The molecule has 0 amide bonds. The predicted molar refractivity (Wildman–Crippen MR) is 61.6 cm³/mol. The van der Waals surface area contributed by atoms with E-state index < -0.39 is 0 Å². The molecule has 0 radical (unpaired) electrons. The Balaban J connectivity index is 2.53. The molecule has 0 fully saturated rings. The molecule has 0 aliphatic rings. The van der Waals surface area contributed by atoms with Crippen molar-refractivity contribution in [1.29, 1.82) is 0 Å². The Morgan fingerprint density at radius 2 is 1.60 bits per heavy atom. The summed E-state index contributed by atoms with van der Waals surface area (Å²) >= 11 is 0. The summed E-state index contributed by atoms with van der Waals surface area (Å²) in [6.07, 6.45) is 7.39. The first kappa shape index (κ1) is 9.84. The van der Waals surface area contributed by atoms with Gasteiger partial charge in [0.1, 0.15) is 0 Å². The highest BCUT2D eigenvalue weighted by Crippen LogP contribution is 2.27. The fourth-order valence-electron chi connectivity index (χ4n) is 1.68. The molecule has 0 saturated carbocycles. The molecular weight excluding hydrogens is 184 g/mol. The molecule has 2 aromatic rings. The molecule has 76 valence electrons. The largest absolute Gasteiger partial charge is 0.265 e. The van der Waals surface area contributed by atoms with Gasteiger partial charge in [-0.15, -0.1) is 0 Å². The van der Waals surface area contributed by atoms with Crippen molar-refractivity contribution < 1.29 is 0 Å². The average molecular weight is 198 g/mol. The minimum atomic E-state index is 0.510. The first-order chi connectivity index (χ1) is 7.29. The molecule has 0 spiro atoms. The lowest BCUT2D eigenvalue weighted by molar-refractivity contribution is 0.865. The van der Waals surface area contributed by atoms with Crippen LogP contribution >= 0.6 is 0 Å². The zero-order valence-corrected chi connectivity index (χ0v) is 9.01. The molecule has 0 atom stereocenters. The zero-order chi connectivity index (χ0) is 10.7. The summed E-state index contributed by atoms with van der Waals surface area (Å²) < 4.78 is 0. The second-order valence-corrected chi connectivity index (χ2v) is 3.85. The van der Waals surface area contributed by atoms with E-state index in [-0.39, 0.29) is 0 Å². The van der Waals surface area contributed by atoms with Crippen molar-refractivity contribution in [3.63, 3.8) is 0 Å². The smallest absolute Gasteiger partial charge is 0.0349 e. The van der Waals surface area contributed by atoms with E-state index in [0.29, 0.717) is 5.92 Å². The number of hydrogen-bond donors (Lipinski definition) is 0. The van der Waals surface area contributed by atoms with Crippen molar-refractivity contribution >= 4 is 0 Å². The van der Waals surface area contributed by atoms with Crippen LogP contribution in [0.25, 0.3) is 11.1 Å². The highest BCUT2D eigenvalue weighted by Gasteiger charge is 2.07. The van der Waals surface area contributed by atoms with Gasteiger partial charge < -0.3 is 0 Å². The average Bonchev–Trinajstić information content (AvgIpc) is 2.30. The van der Waals surface area contributed by atoms with Crippen LogP contribution in [-0.2, 0) is 0 Å². The van der Waals surface area contributed by atoms with Crippen molar-refractivity contribution in [3.05, 3.63) is 48.5 Å². The zero-order valence-electron chi connectivity index (χ0n) is 9.01. The molecule has 0 bridgehead atoms. The van der Waals surface area contributed by atoms with E-state index >= 15 is 0 Å². The molecule has 0 unspecified atom stereocenters. The van der Waals surface area contributed by atoms with Crippen molar-refractivity contribution in [2.24, 2.45) is 0 Å². The van der Waals surface area contributed by atoms with Crippen molar-refractivity contribution in [3.8, 4) is 11.1 Å². The molecule has 0 N–H and O–H groups in total. The molecule has 2 rings (SSSR count). The molecule has 2 aromatic heterocycles. The van der Waals surface area contributed by atoms with Gasteiger partial charge >= 0.3 is 0 Å².